The summed E-state index contributed by atoms with van der Waals surface area (Å²) in [5, 5.41) is 8.90. The molecule has 0 aromatic heterocycles. The predicted molar refractivity (Wildman–Crippen MR) is 105 cm³/mol. The molecule has 25 heavy (non-hydrogen) atoms. The van der Waals surface area contributed by atoms with E-state index in [-0.39, 0.29) is 0 Å². The van der Waals surface area contributed by atoms with Gasteiger partial charge in [0.05, 0.1) is 0 Å². The van der Waals surface area contributed by atoms with E-state index in [2.05, 4.69) is 65.3 Å². The number of nitrogens with zero attached hydrogens (tertiary/aromatic N) is 2. The van der Waals surface area contributed by atoms with Crippen molar-refractivity contribution in [1.29, 1.82) is 0 Å². The maximum Gasteiger partial charge on any atom is 0.0431 e. The second-order valence-electron chi connectivity index (χ2n) is 7.06. The van der Waals surface area contributed by atoms with Crippen molar-refractivity contribution in [3.8, 4) is 11.1 Å². The molecule has 1 fully saturated rings. The van der Waals surface area contributed by atoms with Crippen LogP contribution in [0.5, 0.6) is 0 Å². The number of benzene rings is 2. The van der Waals surface area contributed by atoms with Crippen LogP contribution in [0.25, 0.3) is 11.1 Å². The molecule has 1 aliphatic rings. The largest absolute Gasteiger partial charge is 0.396 e. The molecule has 0 unspecified atom stereocenters. The Morgan fingerprint density at radius 3 is 2.40 bits per heavy atom. The number of aryl methyl sites for hydroxylation is 1. The Kier molecular flexibility index (Phi) is 6.62. The lowest BCUT2D eigenvalue weighted by molar-refractivity contribution is 0.123. The molecular weight excluding hydrogens is 308 g/mol. The molecule has 3 nitrogen and oxygen atoms in total. The summed E-state index contributed by atoms with van der Waals surface area (Å²) >= 11 is 0. The van der Waals surface area contributed by atoms with Gasteiger partial charge in [0.25, 0.3) is 0 Å². The molecule has 3 heteroatoms. The monoisotopic (exact) mass is 338 g/mol. The Balaban J connectivity index is 1.56. The summed E-state index contributed by atoms with van der Waals surface area (Å²) < 4.78 is 0. The fraction of sp³-hybridized carbons (Fsp3) is 0.455. The van der Waals surface area contributed by atoms with Gasteiger partial charge in [-0.05, 0) is 54.6 Å². The third-order valence-electron chi connectivity index (χ3n) is 5.14. The van der Waals surface area contributed by atoms with Gasteiger partial charge in [-0.25, -0.2) is 0 Å². The molecule has 0 spiro atoms. The molecule has 1 heterocycles. The molecule has 3 rings (SSSR count). The lowest BCUT2D eigenvalue weighted by atomic mass is 9.99. The first kappa shape index (κ1) is 18.1. The fourth-order valence-electron chi connectivity index (χ4n) is 3.61. The number of hydrogen-bond donors (Lipinski definition) is 1. The van der Waals surface area contributed by atoms with Gasteiger partial charge in [0.1, 0.15) is 0 Å². The minimum atomic E-state index is 0.317. The first-order valence-electron chi connectivity index (χ1n) is 9.47. The van der Waals surface area contributed by atoms with E-state index in [0.29, 0.717) is 6.61 Å². The standard InChI is InChI=1S/C22H30N2O/c1-19-7-2-3-10-22(19)21-9-6-8-20(17-21)18-24-14-12-23(13-15-24)11-4-5-16-25/h2-3,6-10,17,25H,4-5,11-16,18H2,1H3. The summed E-state index contributed by atoms with van der Waals surface area (Å²) in [5.41, 5.74) is 5.38. The first-order chi connectivity index (χ1) is 12.3. The molecule has 0 aliphatic carbocycles. The summed E-state index contributed by atoms with van der Waals surface area (Å²) in [6.07, 6.45) is 2.03. The average Bonchev–Trinajstić information content (AvgIpc) is 2.64. The van der Waals surface area contributed by atoms with Crippen LogP contribution in [0.3, 0.4) is 0 Å². The lowest BCUT2D eigenvalue weighted by Crippen LogP contribution is -2.46. The van der Waals surface area contributed by atoms with Crippen molar-refractivity contribution in [1.82, 2.24) is 9.80 Å². The van der Waals surface area contributed by atoms with Gasteiger partial charge in [-0.15, -0.1) is 0 Å². The van der Waals surface area contributed by atoms with E-state index in [4.69, 9.17) is 5.11 Å². The van der Waals surface area contributed by atoms with Gasteiger partial charge in [-0.3, -0.25) is 4.90 Å². The van der Waals surface area contributed by atoms with E-state index in [1.54, 1.807) is 0 Å². The topological polar surface area (TPSA) is 26.7 Å². The summed E-state index contributed by atoms with van der Waals surface area (Å²) in [6, 6.07) is 17.6. The smallest absolute Gasteiger partial charge is 0.0431 e. The molecule has 1 saturated heterocycles. The molecule has 134 valence electrons. The van der Waals surface area contributed by atoms with Gasteiger partial charge in [0.15, 0.2) is 0 Å². The molecule has 0 radical (unpaired) electrons. The van der Waals surface area contributed by atoms with E-state index in [9.17, 15) is 0 Å². The molecule has 1 N–H and O–H groups in total. The number of unbranched alkanes of at least 4 members (excludes halogenated alkanes) is 1. The highest BCUT2D eigenvalue weighted by Gasteiger charge is 2.16. The number of aliphatic hydroxyl groups is 1. The van der Waals surface area contributed by atoms with Gasteiger partial charge < -0.3 is 10.0 Å². The summed E-state index contributed by atoms with van der Waals surface area (Å²) in [5.74, 6) is 0. The zero-order valence-electron chi connectivity index (χ0n) is 15.3. The molecule has 2 aromatic rings. The Morgan fingerprint density at radius 2 is 1.64 bits per heavy atom. The Morgan fingerprint density at radius 1 is 0.880 bits per heavy atom. The molecule has 0 saturated carbocycles. The van der Waals surface area contributed by atoms with Gasteiger partial charge >= 0.3 is 0 Å². The molecular formula is C22H30N2O. The number of aliphatic hydroxyl groups excluding tert-OH is 1. The Labute approximate surface area is 151 Å². The Hall–Kier alpha value is -1.68. The van der Waals surface area contributed by atoms with Crippen LogP contribution < -0.4 is 0 Å². The maximum atomic E-state index is 8.90. The van der Waals surface area contributed by atoms with Crippen LogP contribution in [0, 0.1) is 6.92 Å². The summed E-state index contributed by atoms with van der Waals surface area (Å²) in [6.45, 7) is 9.20. The minimum absolute atomic E-state index is 0.317. The van der Waals surface area contributed by atoms with Gasteiger partial charge in [-0.1, -0.05) is 42.5 Å². The zero-order chi connectivity index (χ0) is 17.5. The number of piperazine rings is 1. The second-order valence-corrected chi connectivity index (χ2v) is 7.06. The van der Waals surface area contributed by atoms with Crippen LogP contribution in [-0.2, 0) is 6.54 Å². The van der Waals surface area contributed by atoms with Crippen molar-refractivity contribution in [2.24, 2.45) is 0 Å². The van der Waals surface area contributed by atoms with E-state index >= 15 is 0 Å². The number of rotatable bonds is 7. The average molecular weight is 338 g/mol. The van der Waals surface area contributed by atoms with Gasteiger partial charge in [-0.2, -0.15) is 0 Å². The zero-order valence-corrected chi connectivity index (χ0v) is 15.3. The molecule has 0 amide bonds. The molecule has 0 atom stereocenters. The normalized spacial score (nSPS) is 16.2. The van der Waals surface area contributed by atoms with Crippen molar-refractivity contribution in [3.05, 3.63) is 59.7 Å². The fourth-order valence-corrected chi connectivity index (χ4v) is 3.61. The van der Waals surface area contributed by atoms with Crippen LogP contribution in [0.2, 0.25) is 0 Å². The summed E-state index contributed by atoms with van der Waals surface area (Å²) in [4.78, 5) is 5.08. The minimum Gasteiger partial charge on any atom is -0.396 e. The predicted octanol–water partition coefficient (Wildman–Crippen LogP) is 3.55. The van der Waals surface area contributed by atoms with E-state index in [0.717, 1.165) is 52.1 Å². The van der Waals surface area contributed by atoms with Crippen LogP contribution in [0.15, 0.2) is 48.5 Å². The van der Waals surface area contributed by atoms with Crippen LogP contribution in [0.1, 0.15) is 24.0 Å². The van der Waals surface area contributed by atoms with Gasteiger partial charge in [0.2, 0.25) is 0 Å². The first-order valence-corrected chi connectivity index (χ1v) is 9.47. The van der Waals surface area contributed by atoms with Crippen molar-refractivity contribution >= 4 is 0 Å². The number of hydrogen-bond acceptors (Lipinski definition) is 3. The maximum absolute atomic E-state index is 8.90. The molecule has 2 aromatic carbocycles. The third kappa shape index (κ3) is 5.15. The highest BCUT2D eigenvalue weighted by molar-refractivity contribution is 5.67. The third-order valence-corrected chi connectivity index (χ3v) is 5.14. The SMILES string of the molecule is Cc1ccccc1-c1cccc(CN2CCN(CCCCO)CC2)c1. The van der Waals surface area contributed by atoms with Crippen molar-refractivity contribution in [2.45, 2.75) is 26.3 Å². The molecule has 0 bridgehead atoms. The Bertz CT molecular complexity index is 663. The second kappa shape index (κ2) is 9.14. The van der Waals surface area contributed by atoms with E-state index in [1.807, 2.05) is 0 Å². The van der Waals surface area contributed by atoms with Crippen molar-refractivity contribution < 1.29 is 5.11 Å². The van der Waals surface area contributed by atoms with E-state index < -0.39 is 0 Å². The van der Waals surface area contributed by atoms with Crippen molar-refractivity contribution in [2.75, 3.05) is 39.3 Å². The highest BCUT2D eigenvalue weighted by atomic mass is 16.2. The molecule has 1 aliphatic heterocycles. The van der Waals surface area contributed by atoms with Gasteiger partial charge in [0, 0.05) is 39.3 Å². The summed E-state index contributed by atoms with van der Waals surface area (Å²) in [7, 11) is 0. The van der Waals surface area contributed by atoms with Crippen LogP contribution in [0.4, 0.5) is 0 Å². The van der Waals surface area contributed by atoms with Crippen molar-refractivity contribution in [3.63, 3.8) is 0 Å². The van der Waals surface area contributed by atoms with E-state index in [1.165, 1.54) is 22.3 Å². The van der Waals surface area contributed by atoms with Crippen LogP contribution >= 0.6 is 0 Å². The lowest BCUT2D eigenvalue weighted by Gasteiger charge is -2.34. The quantitative estimate of drug-likeness (QED) is 0.782. The van der Waals surface area contributed by atoms with Crippen LogP contribution in [-0.4, -0.2) is 54.2 Å². The highest BCUT2D eigenvalue weighted by Crippen LogP contribution is 2.24.